The van der Waals surface area contributed by atoms with Crippen LogP contribution in [0, 0.1) is 0 Å². The number of rotatable bonds is 9. The van der Waals surface area contributed by atoms with Crippen molar-refractivity contribution in [2.45, 2.75) is 38.6 Å². The van der Waals surface area contributed by atoms with E-state index in [-0.39, 0.29) is 5.91 Å². The van der Waals surface area contributed by atoms with Gasteiger partial charge in [-0.2, -0.15) is 0 Å². The molecule has 0 N–H and O–H groups in total. The van der Waals surface area contributed by atoms with Crippen LogP contribution in [0.3, 0.4) is 0 Å². The Bertz CT molecular complexity index is 712. The van der Waals surface area contributed by atoms with Crippen molar-refractivity contribution >= 4 is 27.5 Å². The SMILES string of the molecule is CCN1CCC[C@@H]1CN(CCN(C)C)C(=O)CCc1nc2ccccc2s1. The fourth-order valence-corrected chi connectivity index (χ4v) is 4.78. The first-order valence-electron chi connectivity index (χ1n) is 10.1. The lowest BCUT2D eigenvalue weighted by atomic mass is 10.2. The number of amides is 1. The van der Waals surface area contributed by atoms with Crippen LogP contribution in [-0.4, -0.2) is 78.5 Å². The van der Waals surface area contributed by atoms with Gasteiger partial charge in [-0.05, 0) is 52.2 Å². The lowest BCUT2D eigenvalue weighted by molar-refractivity contribution is -0.132. The van der Waals surface area contributed by atoms with Gasteiger partial charge in [0.15, 0.2) is 0 Å². The summed E-state index contributed by atoms with van der Waals surface area (Å²) in [4.78, 5) is 24.4. The van der Waals surface area contributed by atoms with Crippen LogP contribution in [0.1, 0.15) is 31.2 Å². The van der Waals surface area contributed by atoms with E-state index in [2.05, 4.69) is 46.8 Å². The van der Waals surface area contributed by atoms with Crippen LogP contribution in [0.15, 0.2) is 24.3 Å². The van der Waals surface area contributed by atoms with Crippen LogP contribution < -0.4 is 0 Å². The molecule has 6 heteroatoms. The van der Waals surface area contributed by atoms with Crippen LogP contribution >= 0.6 is 11.3 Å². The van der Waals surface area contributed by atoms with Crippen molar-refractivity contribution in [3.8, 4) is 0 Å². The van der Waals surface area contributed by atoms with E-state index in [1.165, 1.54) is 24.1 Å². The Hall–Kier alpha value is -1.50. The van der Waals surface area contributed by atoms with E-state index < -0.39 is 0 Å². The molecule has 1 aliphatic heterocycles. The summed E-state index contributed by atoms with van der Waals surface area (Å²) in [6, 6.07) is 8.71. The first kappa shape index (κ1) is 20.2. The molecule has 5 nitrogen and oxygen atoms in total. The van der Waals surface area contributed by atoms with Gasteiger partial charge in [0.2, 0.25) is 5.91 Å². The molecule has 0 aliphatic carbocycles. The number of benzene rings is 1. The van der Waals surface area contributed by atoms with Gasteiger partial charge in [-0.15, -0.1) is 11.3 Å². The summed E-state index contributed by atoms with van der Waals surface area (Å²) >= 11 is 1.71. The highest BCUT2D eigenvalue weighted by Crippen LogP contribution is 2.23. The fraction of sp³-hybridized carbons (Fsp3) is 0.619. The zero-order chi connectivity index (χ0) is 19.2. The first-order chi connectivity index (χ1) is 13.1. The van der Waals surface area contributed by atoms with Gasteiger partial charge in [-0.1, -0.05) is 19.1 Å². The predicted octanol–water partition coefficient (Wildman–Crippen LogP) is 3.10. The average molecular weight is 389 g/mol. The Morgan fingerprint density at radius 3 is 2.85 bits per heavy atom. The van der Waals surface area contributed by atoms with Crippen LogP contribution in [0.25, 0.3) is 10.2 Å². The van der Waals surface area contributed by atoms with E-state index >= 15 is 0 Å². The van der Waals surface area contributed by atoms with Crippen LogP contribution in [0.4, 0.5) is 0 Å². The second-order valence-electron chi connectivity index (χ2n) is 7.64. The summed E-state index contributed by atoms with van der Waals surface area (Å²) in [5.41, 5.74) is 1.04. The van der Waals surface area contributed by atoms with Gasteiger partial charge in [0.25, 0.3) is 0 Å². The molecule has 1 aromatic carbocycles. The highest BCUT2D eigenvalue weighted by atomic mass is 32.1. The van der Waals surface area contributed by atoms with Crippen molar-refractivity contribution in [2.24, 2.45) is 0 Å². The Morgan fingerprint density at radius 2 is 2.11 bits per heavy atom. The molecule has 0 bridgehead atoms. The van der Waals surface area contributed by atoms with E-state index in [4.69, 9.17) is 0 Å². The third-order valence-corrected chi connectivity index (χ3v) is 6.49. The second-order valence-corrected chi connectivity index (χ2v) is 8.76. The number of para-hydroxylation sites is 1. The highest BCUT2D eigenvalue weighted by Gasteiger charge is 2.27. The van der Waals surface area contributed by atoms with Crippen molar-refractivity contribution in [3.63, 3.8) is 0 Å². The molecule has 1 aliphatic rings. The number of fused-ring (bicyclic) bond motifs is 1. The molecule has 1 saturated heterocycles. The van der Waals surface area contributed by atoms with Crippen LogP contribution in [-0.2, 0) is 11.2 Å². The van der Waals surface area contributed by atoms with Gasteiger partial charge >= 0.3 is 0 Å². The number of hydrogen-bond donors (Lipinski definition) is 0. The maximum Gasteiger partial charge on any atom is 0.223 e. The topological polar surface area (TPSA) is 39.7 Å². The summed E-state index contributed by atoms with van der Waals surface area (Å²) in [5, 5.41) is 1.06. The molecule has 1 aromatic heterocycles. The number of carbonyl (C=O) groups is 1. The fourth-order valence-electron chi connectivity index (χ4n) is 3.81. The van der Waals surface area contributed by atoms with Gasteiger partial charge in [0, 0.05) is 38.5 Å². The third kappa shape index (κ3) is 5.50. The summed E-state index contributed by atoms with van der Waals surface area (Å²) in [7, 11) is 4.13. The van der Waals surface area contributed by atoms with Gasteiger partial charge in [-0.3, -0.25) is 9.69 Å². The Morgan fingerprint density at radius 1 is 1.30 bits per heavy atom. The lowest BCUT2D eigenvalue weighted by Gasteiger charge is -2.31. The van der Waals surface area contributed by atoms with Crippen molar-refractivity contribution in [1.29, 1.82) is 0 Å². The molecule has 1 fully saturated rings. The number of likely N-dealkylation sites (N-methyl/N-ethyl adjacent to an activating group) is 2. The number of thiazole rings is 1. The first-order valence-corrected chi connectivity index (χ1v) is 10.9. The molecule has 3 rings (SSSR count). The van der Waals surface area contributed by atoms with Crippen molar-refractivity contribution < 1.29 is 4.79 Å². The standard InChI is InChI=1S/C21H32N4OS/c1-4-24-13-7-8-17(24)16-25(15-14-23(2)3)21(26)12-11-20-22-18-9-5-6-10-19(18)27-20/h5-6,9-10,17H,4,7-8,11-16H2,1-3H3/t17-/m1/s1. The smallest absolute Gasteiger partial charge is 0.223 e. The zero-order valence-electron chi connectivity index (χ0n) is 16.9. The molecular weight excluding hydrogens is 356 g/mol. The molecular formula is C21H32N4OS. The van der Waals surface area contributed by atoms with Crippen molar-refractivity contribution in [1.82, 2.24) is 19.7 Å². The summed E-state index contributed by atoms with van der Waals surface area (Å²) in [5.74, 6) is 0.263. The lowest BCUT2D eigenvalue weighted by Crippen LogP contribution is -2.45. The van der Waals surface area contributed by atoms with Crippen molar-refractivity contribution in [2.75, 3.05) is 46.8 Å². The average Bonchev–Trinajstić information content (AvgIpc) is 3.28. The van der Waals surface area contributed by atoms with E-state index in [1.54, 1.807) is 11.3 Å². The maximum absolute atomic E-state index is 13.0. The number of hydrogen-bond acceptors (Lipinski definition) is 5. The van der Waals surface area contributed by atoms with Gasteiger partial charge in [-0.25, -0.2) is 4.98 Å². The monoisotopic (exact) mass is 388 g/mol. The molecule has 0 unspecified atom stereocenters. The van der Waals surface area contributed by atoms with Gasteiger partial charge < -0.3 is 9.80 Å². The Balaban J connectivity index is 1.60. The number of aryl methyl sites for hydroxylation is 1. The Labute approximate surface area is 167 Å². The van der Waals surface area contributed by atoms with E-state index in [1.807, 2.05) is 18.2 Å². The Kier molecular flexibility index (Phi) is 7.21. The molecule has 0 saturated carbocycles. The summed E-state index contributed by atoms with van der Waals surface area (Å²) in [6.45, 7) is 7.04. The molecule has 1 atom stereocenters. The van der Waals surface area contributed by atoms with Crippen LogP contribution in [0.5, 0.6) is 0 Å². The summed E-state index contributed by atoms with van der Waals surface area (Å²) < 4.78 is 1.20. The zero-order valence-corrected chi connectivity index (χ0v) is 17.7. The molecule has 0 spiro atoms. The minimum atomic E-state index is 0.263. The van der Waals surface area contributed by atoms with E-state index in [0.29, 0.717) is 12.5 Å². The largest absolute Gasteiger partial charge is 0.340 e. The van der Waals surface area contributed by atoms with E-state index in [0.717, 1.165) is 43.1 Å². The molecule has 0 radical (unpaired) electrons. The quantitative estimate of drug-likeness (QED) is 0.662. The van der Waals surface area contributed by atoms with E-state index in [9.17, 15) is 4.79 Å². The molecule has 2 aromatic rings. The maximum atomic E-state index is 13.0. The third-order valence-electron chi connectivity index (χ3n) is 5.40. The number of likely N-dealkylation sites (tertiary alicyclic amines) is 1. The minimum absolute atomic E-state index is 0.263. The predicted molar refractivity (Wildman–Crippen MR) is 113 cm³/mol. The number of aromatic nitrogens is 1. The van der Waals surface area contributed by atoms with Crippen LogP contribution in [0.2, 0.25) is 0 Å². The summed E-state index contributed by atoms with van der Waals surface area (Å²) in [6.07, 6.45) is 3.74. The number of nitrogens with zero attached hydrogens (tertiary/aromatic N) is 4. The number of carbonyl (C=O) groups excluding carboxylic acids is 1. The van der Waals surface area contributed by atoms with Gasteiger partial charge in [0.05, 0.1) is 15.2 Å². The molecule has 27 heavy (non-hydrogen) atoms. The molecule has 1 amide bonds. The minimum Gasteiger partial charge on any atom is -0.340 e. The van der Waals surface area contributed by atoms with Crippen molar-refractivity contribution in [3.05, 3.63) is 29.3 Å². The molecule has 148 valence electrons. The molecule has 2 heterocycles. The second kappa shape index (κ2) is 9.62. The van der Waals surface area contributed by atoms with Gasteiger partial charge in [0.1, 0.15) is 0 Å². The highest BCUT2D eigenvalue weighted by molar-refractivity contribution is 7.18. The normalized spacial score (nSPS) is 17.9.